The number of hydrogen-bond donors (Lipinski definition) is 1. The SMILES string of the molecule is CC(C)N1CCN(C2CCCC[C@@H]2N)CC1.CC(C)N1CCN(C2CCCC[C@@H]2[N+](=O)[O-])CC1.O=[N+]([O-])C1=CCCCC1. The Bertz CT molecular complexity index is 870. The highest BCUT2D eigenvalue weighted by molar-refractivity contribution is 4.95. The molecule has 43 heavy (non-hydrogen) atoms. The minimum Gasteiger partial charge on any atom is -0.326 e. The largest absolute Gasteiger partial charge is 0.326 e. The molecule has 4 fully saturated rings. The van der Waals surface area contributed by atoms with Crippen LogP contribution in [-0.2, 0) is 0 Å². The van der Waals surface area contributed by atoms with Crippen molar-refractivity contribution in [2.24, 2.45) is 5.73 Å². The molecule has 0 bridgehead atoms. The van der Waals surface area contributed by atoms with Gasteiger partial charge in [-0.25, -0.2) is 0 Å². The van der Waals surface area contributed by atoms with Gasteiger partial charge < -0.3 is 5.73 Å². The molecular weight excluding hydrogens is 546 g/mol. The fourth-order valence-electron chi connectivity index (χ4n) is 7.51. The second-order valence-corrected chi connectivity index (χ2v) is 13.7. The van der Waals surface area contributed by atoms with Gasteiger partial charge in [0.25, 0.3) is 0 Å². The average molecular weight is 608 g/mol. The summed E-state index contributed by atoms with van der Waals surface area (Å²) in [6, 6.07) is 2.24. The van der Waals surface area contributed by atoms with E-state index in [4.69, 9.17) is 5.73 Å². The maximum absolute atomic E-state index is 11.1. The van der Waals surface area contributed by atoms with Gasteiger partial charge >= 0.3 is 0 Å². The number of nitro groups is 2. The zero-order valence-corrected chi connectivity index (χ0v) is 27.6. The molecule has 2 saturated carbocycles. The summed E-state index contributed by atoms with van der Waals surface area (Å²) in [6.45, 7) is 18.0. The van der Waals surface area contributed by atoms with Gasteiger partial charge in [-0.3, -0.25) is 39.8 Å². The monoisotopic (exact) mass is 607 g/mol. The zero-order chi connectivity index (χ0) is 31.4. The van der Waals surface area contributed by atoms with E-state index in [1.807, 2.05) is 0 Å². The van der Waals surface area contributed by atoms with E-state index in [9.17, 15) is 20.2 Å². The van der Waals surface area contributed by atoms with Gasteiger partial charge in [0, 0.05) is 94.3 Å². The molecule has 0 spiro atoms. The molecule has 5 aliphatic rings. The Balaban J connectivity index is 0.000000186. The summed E-state index contributed by atoms with van der Waals surface area (Å²) in [5.41, 5.74) is 6.65. The van der Waals surface area contributed by atoms with Gasteiger partial charge in [-0.2, -0.15) is 0 Å². The molecule has 11 heteroatoms. The number of nitrogens with zero attached hydrogens (tertiary/aromatic N) is 6. The lowest BCUT2D eigenvalue weighted by Gasteiger charge is -2.44. The minimum absolute atomic E-state index is 0.0430. The van der Waals surface area contributed by atoms with Gasteiger partial charge in [0.05, 0.1) is 11.0 Å². The van der Waals surface area contributed by atoms with E-state index < -0.39 is 0 Å². The summed E-state index contributed by atoms with van der Waals surface area (Å²) in [7, 11) is 0. The fourth-order valence-corrected chi connectivity index (χ4v) is 7.51. The van der Waals surface area contributed by atoms with Gasteiger partial charge in [-0.1, -0.05) is 19.3 Å². The van der Waals surface area contributed by atoms with E-state index in [0.29, 0.717) is 36.3 Å². The number of piperazine rings is 2. The Morgan fingerprint density at radius 2 is 1.19 bits per heavy atom. The quantitative estimate of drug-likeness (QED) is 0.341. The Hall–Kier alpha value is -1.66. The Morgan fingerprint density at radius 1 is 0.698 bits per heavy atom. The Kier molecular flexibility index (Phi) is 15.3. The maximum Gasteiger partial charge on any atom is 0.242 e. The smallest absolute Gasteiger partial charge is 0.242 e. The first kappa shape index (κ1) is 35.8. The van der Waals surface area contributed by atoms with Gasteiger partial charge in [0.2, 0.25) is 11.7 Å². The van der Waals surface area contributed by atoms with Crippen LogP contribution in [0.3, 0.4) is 0 Å². The highest BCUT2D eigenvalue weighted by Gasteiger charge is 2.39. The Labute approximate surface area is 260 Å². The third kappa shape index (κ3) is 11.3. The molecule has 2 saturated heterocycles. The minimum atomic E-state index is -0.329. The highest BCUT2D eigenvalue weighted by atomic mass is 16.6. The molecule has 2 aliphatic heterocycles. The van der Waals surface area contributed by atoms with Crippen LogP contribution < -0.4 is 5.73 Å². The molecule has 0 aromatic heterocycles. The number of rotatable bonds is 6. The van der Waals surface area contributed by atoms with Crippen LogP contribution in [-0.4, -0.2) is 118 Å². The lowest BCUT2D eigenvalue weighted by Crippen LogP contribution is -2.57. The van der Waals surface area contributed by atoms with E-state index in [2.05, 4.69) is 47.3 Å². The van der Waals surface area contributed by atoms with Gasteiger partial charge in [-0.15, -0.1) is 0 Å². The van der Waals surface area contributed by atoms with Gasteiger partial charge in [-0.05, 0) is 78.7 Å². The lowest BCUT2D eigenvalue weighted by atomic mass is 9.89. The lowest BCUT2D eigenvalue weighted by molar-refractivity contribution is -0.534. The fraction of sp³-hybridized carbons (Fsp3) is 0.938. The van der Waals surface area contributed by atoms with Crippen LogP contribution in [0.1, 0.15) is 105 Å². The van der Waals surface area contributed by atoms with Crippen LogP contribution >= 0.6 is 0 Å². The number of allylic oxidation sites excluding steroid dienone is 2. The predicted molar refractivity (Wildman–Crippen MR) is 173 cm³/mol. The van der Waals surface area contributed by atoms with Crippen molar-refractivity contribution in [2.45, 2.75) is 141 Å². The second-order valence-electron chi connectivity index (χ2n) is 13.7. The molecule has 0 aromatic rings. The topological polar surface area (TPSA) is 125 Å². The van der Waals surface area contributed by atoms with Crippen molar-refractivity contribution >= 4 is 0 Å². The summed E-state index contributed by atoms with van der Waals surface area (Å²) in [4.78, 5) is 31.0. The average Bonchev–Trinajstić information content (AvgIpc) is 3.02. The molecular formula is C32H61N7O4. The molecule has 2 unspecified atom stereocenters. The van der Waals surface area contributed by atoms with Crippen molar-refractivity contribution in [2.75, 3.05) is 52.4 Å². The van der Waals surface area contributed by atoms with Gasteiger partial charge in [0.15, 0.2) is 0 Å². The van der Waals surface area contributed by atoms with Crippen molar-refractivity contribution < 1.29 is 9.85 Å². The summed E-state index contributed by atoms with van der Waals surface area (Å²) >= 11 is 0. The van der Waals surface area contributed by atoms with Crippen LogP contribution in [0.25, 0.3) is 0 Å². The third-order valence-electron chi connectivity index (χ3n) is 10.3. The second kappa shape index (κ2) is 18.3. The highest BCUT2D eigenvalue weighted by Crippen LogP contribution is 2.26. The van der Waals surface area contributed by atoms with Crippen LogP contribution in [0.5, 0.6) is 0 Å². The van der Waals surface area contributed by atoms with E-state index in [-0.39, 0.29) is 21.9 Å². The van der Waals surface area contributed by atoms with Crippen LogP contribution in [0.2, 0.25) is 0 Å². The van der Waals surface area contributed by atoms with Crippen molar-refractivity contribution in [1.29, 1.82) is 0 Å². The standard InChI is InChI=1S/C13H25N3O2.C13H27N3.C6H9NO2/c1-11(2)14-7-9-15(10-8-14)12-5-3-4-6-13(12)16(17)18;1-11(2)15-7-9-16(10-8-15)13-6-4-3-5-12(13)14;8-7(9)6-4-2-1-3-5-6/h11-13H,3-10H2,1-2H3;11-13H,3-10,14H2,1-2H3;4H,1-3,5H2/t12?,13-;12-,13?;/m00./s1. The third-order valence-corrected chi connectivity index (χ3v) is 10.3. The van der Waals surface area contributed by atoms with E-state index in [1.165, 1.54) is 51.9 Å². The molecule has 2 heterocycles. The van der Waals surface area contributed by atoms with Crippen molar-refractivity contribution in [3.63, 3.8) is 0 Å². The first-order valence-electron chi connectivity index (χ1n) is 17.3. The van der Waals surface area contributed by atoms with Crippen molar-refractivity contribution in [3.8, 4) is 0 Å². The summed E-state index contributed by atoms with van der Waals surface area (Å²) in [6.07, 6.45) is 14.6. The van der Waals surface area contributed by atoms with Crippen molar-refractivity contribution in [3.05, 3.63) is 32.0 Å². The molecule has 5 rings (SSSR count). The van der Waals surface area contributed by atoms with E-state index >= 15 is 0 Å². The molecule has 4 atom stereocenters. The Morgan fingerprint density at radius 3 is 1.60 bits per heavy atom. The van der Waals surface area contributed by atoms with Crippen LogP contribution in [0.4, 0.5) is 0 Å². The summed E-state index contributed by atoms with van der Waals surface area (Å²) < 4.78 is 0. The van der Waals surface area contributed by atoms with Crippen LogP contribution in [0, 0.1) is 20.2 Å². The van der Waals surface area contributed by atoms with Gasteiger partial charge in [0.1, 0.15) is 0 Å². The first-order chi connectivity index (χ1) is 20.6. The molecule has 11 nitrogen and oxygen atoms in total. The first-order valence-corrected chi connectivity index (χ1v) is 17.3. The molecule has 3 aliphatic carbocycles. The zero-order valence-electron chi connectivity index (χ0n) is 27.6. The van der Waals surface area contributed by atoms with E-state index in [0.717, 1.165) is 71.1 Å². The van der Waals surface area contributed by atoms with E-state index in [1.54, 1.807) is 6.08 Å². The molecule has 0 amide bonds. The van der Waals surface area contributed by atoms with Crippen LogP contribution in [0.15, 0.2) is 11.8 Å². The molecule has 0 aromatic carbocycles. The number of hydrogen-bond acceptors (Lipinski definition) is 9. The molecule has 248 valence electrons. The predicted octanol–water partition coefficient (Wildman–Crippen LogP) is 4.60. The normalized spacial score (nSPS) is 30.1. The van der Waals surface area contributed by atoms with Crippen molar-refractivity contribution in [1.82, 2.24) is 19.6 Å². The maximum atomic E-state index is 11.1. The summed E-state index contributed by atoms with van der Waals surface area (Å²) in [5, 5.41) is 21.2. The molecule has 0 radical (unpaired) electrons. The molecule has 2 N–H and O–H groups in total. The number of nitrogens with two attached hydrogens (primary N) is 1. The summed E-state index contributed by atoms with van der Waals surface area (Å²) in [5.74, 6) is 0.